The number of fused-ring (bicyclic) bond motifs is 1. The fourth-order valence-electron chi connectivity index (χ4n) is 3.58. The lowest BCUT2D eigenvalue weighted by Gasteiger charge is -2.22. The maximum absolute atomic E-state index is 10.6. The fourth-order valence-corrected chi connectivity index (χ4v) is 3.70. The summed E-state index contributed by atoms with van der Waals surface area (Å²) in [5.41, 5.74) is 4.03. The van der Waals surface area contributed by atoms with Gasteiger partial charge in [-0.3, -0.25) is 0 Å². The highest BCUT2D eigenvalue weighted by Crippen LogP contribution is 2.38. The molecule has 9 heteroatoms. The van der Waals surface area contributed by atoms with E-state index in [1.54, 1.807) is 29.0 Å². The molecule has 0 saturated carbocycles. The first-order chi connectivity index (χ1) is 13.0. The highest BCUT2D eigenvalue weighted by molar-refractivity contribution is 6.30. The Balaban J connectivity index is 1.65. The van der Waals surface area contributed by atoms with Gasteiger partial charge in [-0.05, 0) is 23.8 Å². The van der Waals surface area contributed by atoms with E-state index in [0.29, 0.717) is 21.9 Å². The zero-order chi connectivity index (χ0) is 19.1. The van der Waals surface area contributed by atoms with E-state index in [4.69, 9.17) is 22.2 Å². The Morgan fingerprint density at radius 2 is 1.93 bits per heavy atom. The Kier molecular flexibility index (Phi) is 4.75. The lowest BCUT2D eigenvalue weighted by atomic mass is 9.91. The van der Waals surface area contributed by atoms with Crippen LogP contribution in [-0.4, -0.2) is 43.1 Å². The second-order valence-corrected chi connectivity index (χ2v) is 7.08. The van der Waals surface area contributed by atoms with E-state index in [9.17, 15) is 10.2 Å². The molecule has 1 aliphatic rings. The second-order valence-electron chi connectivity index (χ2n) is 6.64. The number of aliphatic hydroxyl groups excluding tert-OH is 2. The molecule has 0 bridgehead atoms. The van der Waals surface area contributed by atoms with Gasteiger partial charge in [0.15, 0.2) is 12.0 Å². The molecule has 1 fully saturated rings. The average molecular weight is 390 g/mol. The normalized spacial score (nSPS) is 26.4. The number of ether oxygens (including phenoxy) is 1. The molecular formula is C18H20ClN5O3. The third-order valence-electron chi connectivity index (χ3n) is 5.08. The lowest BCUT2D eigenvalue weighted by molar-refractivity contribution is -0.0409. The van der Waals surface area contributed by atoms with E-state index < -0.39 is 24.5 Å². The van der Waals surface area contributed by atoms with Gasteiger partial charge in [0.05, 0.1) is 11.5 Å². The van der Waals surface area contributed by atoms with Crippen LogP contribution in [0.5, 0.6) is 0 Å². The summed E-state index contributed by atoms with van der Waals surface area (Å²) in [5.74, 6) is 5.81. The minimum Gasteiger partial charge on any atom is -0.387 e. The van der Waals surface area contributed by atoms with Crippen LogP contribution >= 0.6 is 11.6 Å². The van der Waals surface area contributed by atoms with Crippen molar-refractivity contribution in [3.63, 3.8) is 0 Å². The molecule has 5 N–H and O–H groups in total. The molecule has 0 amide bonds. The van der Waals surface area contributed by atoms with Crippen LogP contribution in [0.1, 0.15) is 24.6 Å². The summed E-state index contributed by atoms with van der Waals surface area (Å²) in [4.78, 5) is 8.33. The maximum atomic E-state index is 10.6. The SMILES string of the molecule is CC(c1ccc(Cl)cc1)[C@H]1O[C@@H](n2ccc3c(NN)ncnc32)[C@H](O)[C@@H]1O. The monoisotopic (exact) mass is 389 g/mol. The zero-order valence-corrected chi connectivity index (χ0v) is 15.3. The molecule has 27 heavy (non-hydrogen) atoms. The van der Waals surface area contributed by atoms with E-state index in [1.165, 1.54) is 6.33 Å². The third-order valence-corrected chi connectivity index (χ3v) is 5.34. The molecule has 0 spiro atoms. The van der Waals surface area contributed by atoms with Crippen LogP contribution in [-0.2, 0) is 4.74 Å². The molecule has 1 aliphatic heterocycles. The second kappa shape index (κ2) is 7.06. The number of nitrogens with zero attached hydrogens (tertiary/aromatic N) is 3. The number of hydrogen-bond donors (Lipinski definition) is 4. The summed E-state index contributed by atoms with van der Waals surface area (Å²) in [7, 11) is 0. The quantitative estimate of drug-likeness (QED) is 0.397. The number of nitrogen functional groups attached to an aromatic ring is 1. The summed E-state index contributed by atoms with van der Waals surface area (Å²) < 4.78 is 7.76. The van der Waals surface area contributed by atoms with Gasteiger partial charge in [-0.2, -0.15) is 0 Å². The van der Waals surface area contributed by atoms with Gasteiger partial charge in [0.1, 0.15) is 24.2 Å². The largest absolute Gasteiger partial charge is 0.387 e. The van der Waals surface area contributed by atoms with Crippen LogP contribution < -0.4 is 11.3 Å². The number of halogens is 1. The van der Waals surface area contributed by atoms with Crippen LogP contribution in [0.15, 0.2) is 42.9 Å². The van der Waals surface area contributed by atoms with Crippen molar-refractivity contribution in [3.05, 3.63) is 53.4 Å². The van der Waals surface area contributed by atoms with Crippen LogP contribution in [0, 0.1) is 0 Å². The van der Waals surface area contributed by atoms with Gasteiger partial charge in [0, 0.05) is 17.1 Å². The predicted octanol–water partition coefficient (Wildman–Crippen LogP) is 1.79. The highest BCUT2D eigenvalue weighted by Gasteiger charge is 2.46. The Hall–Kier alpha value is -2.23. The summed E-state index contributed by atoms with van der Waals surface area (Å²) >= 11 is 5.95. The fraction of sp³-hybridized carbons (Fsp3) is 0.333. The van der Waals surface area contributed by atoms with Crippen molar-refractivity contribution < 1.29 is 14.9 Å². The molecular weight excluding hydrogens is 370 g/mol. The molecule has 4 rings (SSSR count). The van der Waals surface area contributed by atoms with Crippen LogP contribution in [0.4, 0.5) is 5.82 Å². The molecule has 1 aromatic carbocycles. The van der Waals surface area contributed by atoms with Crippen molar-refractivity contribution in [2.45, 2.75) is 37.4 Å². The van der Waals surface area contributed by atoms with Gasteiger partial charge in [-0.15, -0.1) is 0 Å². The first kappa shape index (κ1) is 18.1. The van der Waals surface area contributed by atoms with Crippen LogP contribution in [0.3, 0.4) is 0 Å². The van der Waals surface area contributed by atoms with E-state index >= 15 is 0 Å². The van der Waals surface area contributed by atoms with Crippen molar-refractivity contribution >= 4 is 28.5 Å². The zero-order valence-electron chi connectivity index (χ0n) is 14.5. The maximum Gasteiger partial charge on any atom is 0.164 e. The first-order valence-electron chi connectivity index (χ1n) is 8.56. The number of hydrazine groups is 1. The molecule has 2 aromatic heterocycles. The van der Waals surface area contributed by atoms with E-state index in [2.05, 4.69) is 15.4 Å². The van der Waals surface area contributed by atoms with E-state index in [-0.39, 0.29) is 5.92 Å². The van der Waals surface area contributed by atoms with Gasteiger partial charge in [0.25, 0.3) is 0 Å². The molecule has 142 valence electrons. The topological polar surface area (TPSA) is 118 Å². The number of hydrogen-bond acceptors (Lipinski definition) is 7. The number of benzene rings is 1. The first-order valence-corrected chi connectivity index (χ1v) is 8.94. The van der Waals surface area contributed by atoms with Crippen molar-refractivity contribution in [3.8, 4) is 0 Å². The Labute approximate surface area is 160 Å². The molecule has 1 saturated heterocycles. The minimum absolute atomic E-state index is 0.144. The predicted molar refractivity (Wildman–Crippen MR) is 101 cm³/mol. The molecule has 8 nitrogen and oxygen atoms in total. The summed E-state index contributed by atoms with van der Waals surface area (Å²) in [6.07, 6.45) is -0.414. The Morgan fingerprint density at radius 3 is 2.63 bits per heavy atom. The summed E-state index contributed by atoms with van der Waals surface area (Å²) in [5, 5.41) is 22.6. The molecule has 3 heterocycles. The van der Waals surface area contributed by atoms with Gasteiger partial charge < -0.3 is 24.9 Å². The molecule has 5 atom stereocenters. The average Bonchev–Trinajstić information content (AvgIpc) is 3.23. The molecule has 1 unspecified atom stereocenters. The Bertz CT molecular complexity index is 948. The van der Waals surface area contributed by atoms with Crippen molar-refractivity contribution in [1.29, 1.82) is 0 Å². The molecule has 3 aromatic rings. The van der Waals surface area contributed by atoms with Crippen LogP contribution in [0.2, 0.25) is 5.02 Å². The number of nitrogens with one attached hydrogen (secondary N) is 1. The number of nitrogens with two attached hydrogens (primary N) is 1. The molecule has 0 radical (unpaired) electrons. The number of aromatic nitrogens is 3. The van der Waals surface area contributed by atoms with Crippen molar-refractivity contribution in [2.24, 2.45) is 5.84 Å². The lowest BCUT2D eigenvalue weighted by Crippen LogP contribution is -2.34. The van der Waals surface area contributed by atoms with Crippen molar-refractivity contribution in [1.82, 2.24) is 14.5 Å². The van der Waals surface area contributed by atoms with Crippen LogP contribution in [0.25, 0.3) is 11.0 Å². The summed E-state index contributed by atoms with van der Waals surface area (Å²) in [6, 6.07) is 9.14. The third kappa shape index (κ3) is 3.05. The molecule has 0 aliphatic carbocycles. The minimum atomic E-state index is -1.11. The van der Waals surface area contributed by atoms with E-state index in [0.717, 1.165) is 5.56 Å². The van der Waals surface area contributed by atoms with Crippen molar-refractivity contribution in [2.75, 3.05) is 5.43 Å². The van der Waals surface area contributed by atoms with Gasteiger partial charge in [0.2, 0.25) is 0 Å². The smallest absolute Gasteiger partial charge is 0.164 e. The van der Waals surface area contributed by atoms with Gasteiger partial charge in [-0.25, -0.2) is 15.8 Å². The number of rotatable bonds is 4. The summed E-state index contributed by atoms with van der Waals surface area (Å²) in [6.45, 7) is 1.94. The highest BCUT2D eigenvalue weighted by atomic mass is 35.5. The number of anilines is 1. The Morgan fingerprint density at radius 1 is 1.19 bits per heavy atom. The van der Waals surface area contributed by atoms with Gasteiger partial charge >= 0.3 is 0 Å². The van der Waals surface area contributed by atoms with Gasteiger partial charge in [-0.1, -0.05) is 30.7 Å². The number of aliphatic hydroxyl groups is 2. The van der Waals surface area contributed by atoms with E-state index in [1.807, 2.05) is 19.1 Å². The standard InChI is InChI=1S/C18H20ClN5O3/c1-9(10-2-4-11(19)5-3-10)15-13(25)14(26)18(27-15)24-7-6-12-16(23-20)21-8-22-17(12)24/h2-9,13-15,18,25-26H,20H2,1H3,(H,21,22,23)/t9?,13-,14+,15+,18+/m0/s1.